The van der Waals surface area contributed by atoms with Crippen LogP contribution in [0.2, 0.25) is 0 Å². The Kier molecular flexibility index (Phi) is 4.69. The highest BCUT2D eigenvalue weighted by molar-refractivity contribution is 9.09. The molecule has 1 aromatic rings. The number of sulfonamides is 1. The minimum Gasteiger partial charge on any atom is -0.211 e. The van der Waals surface area contributed by atoms with Crippen molar-refractivity contribution in [2.45, 2.75) is 42.8 Å². The lowest BCUT2D eigenvalue weighted by Crippen LogP contribution is -2.31. The molecule has 3 nitrogen and oxygen atoms in total. The Balaban J connectivity index is 2.07. The molecule has 0 aromatic heterocycles. The summed E-state index contributed by atoms with van der Waals surface area (Å²) < 4.78 is 27.2. The normalized spacial score (nSPS) is 23.7. The average molecular weight is 346 g/mol. The van der Waals surface area contributed by atoms with Crippen LogP contribution in [0.3, 0.4) is 0 Å². The van der Waals surface area contributed by atoms with E-state index in [0.29, 0.717) is 22.2 Å². The van der Waals surface area contributed by atoms with Gasteiger partial charge in [0.05, 0.1) is 4.90 Å². The number of benzene rings is 1. The monoisotopic (exact) mass is 345 g/mol. The van der Waals surface area contributed by atoms with Gasteiger partial charge in [0.2, 0.25) is 10.0 Å². The Bertz CT molecular complexity index is 557. The predicted octanol–water partition coefficient (Wildman–Crippen LogP) is 3.15. The number of halogens is 1. The van der Waals surface area contributed by atoms with E-state index in [-0.39, 0.29) is 0 Å². The first-order valence-corrected chi connectivity index (χ1v) is 9.01. The Labute approximate surface area is 124 Å². The van der Waals surface area contributed by atoms with Crippen molar-refractivity contribution in [3.63, 3.8) is 0 Å². The van der Waals surface area contributed by atoms with E-state index in [4.69, 9.17) is 0 Å². The molecule has 0 saturated heterocycles. The first-order valence-electron chi connectivity index (χ1n) is 6.61. The summed E-state index contributed by atoms with van der Waals surface area (Å²) in [5.74, 6) is 0.404. The first-order chi connectivity index (χ1) is 8.90. The molecule has 1 N–H and O–H groups in total. The van der Waals surface area contributed by atoms with E-state index < -0.39 is 10.0 Å². The second-order valence-corrected chi connectivity index (χ2v) is 8.25. The van der Waals surface area contributed by atoms with E-state index in [2.05, 4.69) is 20.7 Å². The fourth-order valence-corrected chi connectivity index (χ4v) is 4.36. The van der Waals surface area contributed by atoms with Crippen molar-refractivity contribution < 1.29 is 8.42 Å². The predicted molar refractivity (Wildman–Crippen MR) is 81.2 cm³/mol. The molecule has 1 fully saturated rings. The third kappa shape index (κ3) is 3.58. The molecule has 1 aromatic carbocycles. The van der Waals surface area contributed by atoms with Crippen LogP contribution in [0.4, 0.5) is 0 Å². The van der Waals surface area contributed by atoms with Gasteiger partial charge < -0.3 is 0 Å². The van der Waals surface area contributed by atoms with Crippen molar-refractivity contribution in [2.24, 2.45) is 5.92 Å². The maximum Gasteiger partial charge on any atom is 0.240 e. The van der Waals surface area contributed by atoms with E-state index in [1.165, 1.54) is 6.42 Å². The van der Waals surface area contributed by atoms with Gasteiger partial charge in [0.15, 0.2) is 0 Å². The average Bonchev–Trinajstić information content (AvgIpc) is 2.76. The van der Waals surface area contributed by atoms with Gasteiger partial charge in [-0.05, 0) is 55.9 Å². The van der Waals surface area contributed by atoms with E-state index in [9.17, 15) is 8.42 Å². The molecular formula is C14H20BrNO2S. The molecule has 2 rings (SSSR count). The summed E-state index contributed by atoms with van der Waals surface area (Å²) in [5.41, 5.74) is 2.11. The van der Waals surface area contributed by atoms with Gasteiger partial charge in [0.25, 0.3) is 0 Å². The molecule has 2 atom stereocenters. The summed E-state index contributed by atoms with van der Waals surface area (Å²) in [5, 5.41) is 0. The summed E-state index contributed by atoms with van der Waals surface area (Å²) in [6.45, 7) is 4.43. The summed E-state index contributed by atoms with van der Waals surface area (Å²) in [6.07, 6.45) is 3.40. The number of hydrogen-bond donors (Lipinski definition) is 1. The first kappa shape index (κ1) is 15.0. The van der Waals surface area contributed by atoms with Crippen LogP contribution >= 0.6 is 15.9 Å². The van der Waals surface area contributed by atoms with Crippen LogP contribution < -0.4 is 4.72 Å². The topological polar surface area (TPSA) is 46.2 Å². The van der Waals surface area contributed by atoms with Gasteiger partial charge in [-0.1, -0.05) is 28.4 Å². The molecule has 1 saturated carbocycles. The summed E-state index contributed by atoms with van der Waals surface area (Å²) >= 11 is 3.62. The summed E-state index contributed by atoms with van der Waals surface area (Å²) in [4.78, 5) is 0.801. The third-order valence-electron chi connectivity index (χ3n) is 3.89. The third-order valence-corrected chi connectivity index (χ3v) is 6.52. The zero-order chi connectivity index (χ0) is 14.0. The lowest BCUT2D eigenvalue weighted by Gasteiger charge is -2.15. The molecule has 0 heterocycles. The maximum atomic E-state index is 12.2. The van der Waals surface area contributed by atoms with Gasteiger partial charge in [-0.3, -0.25) is 0 Å². The summed E-state index contributed by atoms with van der Waals surface area (Å²) in [7, 11) is -3.38. The van der Waals surface area contributed by atoms with Crippen LogP contribution in [0.25, 0.3) is 0 Å². The van der Waals surface area contributed by atoms with Crippen molar-refractivity contribution in [2.75, 3.05) is 6.54 Å². The van der Waals surface area contributed by atoms with Crippen LogP contribution in [0, 0.1) is 19.8 Å². The van der Waals surface area contributed by atoms with Crippen LogP contribution in [0.1, 0.15) is 30.4 Å². The Hall–Kier alpha value is -0.390. The quantitative estimate of drug-likeness (QED) is 0.852. The van der Waals surface area contributed by atoms with Crippen LogP contribution in [-0.2, 0) is 10.0 Å². The minimum atomic E-state index is -3.38. The largest absolute Gasteiger partial charge is 0.240 e. The Morgan fingerprint density at radius 2 is 2.00 bits per heavy atom. The minimum absolute atomic E-state index is 0.361. The van der Waals surface area contributed by atoms with E-state index in [1.807, 2.05) is 19.9 Å². The van der Waals surface area contributed by atoms with Crippen molar-refractivity contribution in [3.8, 4) is 0 Å². The Morgan fingerprint density at radius 3 is 2.58 bits per heavy atom. The van der Waals surface area contributed by atoms with E-state index in [1.54, 1.807) is 12.1 Å². The zero-order valence-electron chi connectivity index (χ0n) is 11.3. The van der Waals surface area contributed by atoms with E-state index >= 15 is 0 Å². The number of hydrogen-bond acceptors (Lipinski definition) is 2. The summed E-state index contributed by atoms with van der Waals surface area (Å²) in [6, 6.07) is 5.26. The standard InChI is InChI=1S/C14H20BrNO2S/c1-10-6-7-13(8-11(10)2)19(17,18)16-9-12-4-3-5-14(12)15/h6-8,12,14,16H,3-5,9H2,1-2H3. The molecule has 0 spiro atoms. The second-order valence-electron chi connectivity index (χ2n) is 5.30. The molecule has 1 aliphatic rings. The van der Waals surface area contributed by atoms with Gasteiger partial charge in [-0.25, -0.2) is 13.1 Å². The van der Waals surface area contributed by atoms with Gasteiger partial charge in [-0.2, -0.15) is 0 Å². The van der Waals surface area contributed by atoms with Crippen LogP contribution in [0.15, 0.2) is 23.1 Å². The Morgan fingerprint density at radius 1 is 1.26 bits per heavy atom. The fourth-order valence-electron chi connectivity index (χ4n) is 2.40. The number of nitrogens with one attached hydrogen (secondary N) is 1. The van der Waals surface area contributed by atoms with Crippen LogP contribution in [0.5, 0.6) is 0 Å². The van der Waals surface area contributed by atoms with Gasteiger partial charge in [0.1, 0.15) is 0 Å². The SMILES string of the molecule is Cc1ccc(S(=O)(=O)NCC2CCCC2Br)cc1C. The van der Waals surface area contributed by atoms with Gasteiger partial charge in [-0.15, -0.1) is 0 Å². The maximum absolute atomic E-state index is 12.2. The highest BCUT2D eigenvalue weighted by atomic mass is 79.9. The number of aryl methyl sites for hydroxylation is 2. The highest BCUT2D eigenvalue weighted by Crippen LogP contribution is 2.31. The van der Waals surface area contributed by atoms with Crippen molar-refractivity contribution >= 4 is 26.0 Å². The lowest BCUT2D eigenvalue weighted by molar-refractivity contribution is 0.529. The molecule has 0 aliphatic heterocycles. The van der Waals surface area contributed by atoms with Gasteiger partial charge >= 0.3 is 0 Å². The van der Waals surface area contributed by atoms with E-state index in [0.717, 1.165) is 24.0 Å². The lowest BCUT2D eigenvalue weighted by atomic mass is 10.1. The molecule has 0 bridgehead atoms. The fraction of sp³-hybridized carbons (Fsp3) is 0.571. The zero-order valence-corrected chi connectivity index (χ0v) is 13.7. The highest BCUT2D eigenvalue weighted by Gasteiger charge is 2.26. The number of rotatable bonds is 4. The molecular weight excluding hydrogens is 326 g/mol. The molecule has 106 valence electrons. The van der Waals surface area contributed by atoms with Gasteiger partial charge in [0, 0.05) is 11.4 Å². The molecule has 5 heteroatoms. The van der Waals surface area contributed by atoms with Crippen molar-refractivity contribution in [1.82, 2.24) is 4.72 Å². The number of alkyl halides is 1. The molecule has 0 radical (unpaired) electrons. The van der Waals surface area contributed by atoms with Crippen LogP contribution in [-0.4, -0.2) is 19.8 Å². The molecule has 19 heavy (non-hydrogen) atoms. The molecule has 1 aliphatic carbocycles. The molecule has 0 amide bonds. The second kappa shape index (κ2) is 5.94. The van der Waals surface area contributed by atoms with Crippen molar-refractivity contribution in [1.29, 1.82) is 0 Å². The van der Waals surface area contributed by atoms with Crippen molar-refractivity contribution in [3.05, 3.63) is 29.3 Å². The smallest absolute Gasteiger partial charge is 0.211 e. The molecule has 2 unspecified atom stereocenters.